The Balaban J connectivity index is 2.28. The lowest BCUT2D eigenvalue weighted by Crippen LogP contribution is -2.00. The second kappa shape index (κ2) is 5.00. The zero-order valence-electron chi connectivity index (χ0n) is 10.4. The van der Waals surface area contributed by atoms with Gasteiger partial charge in [-0.2, -0.15) is 0 Å². The normalized spacial score (nSPS) is 10.8. The number of carboxylic acid groups (broad SMARTS) is 1. The molecule has 0 amide bonds. The van der Waals surface area contributed by atoms with Crippen LogP contribution in [0.15, 0.2) is 30.5 Å². The Kier molecular flexibility index (Phi) is 3.41. The fourth-order valence-electron chi connectivity index (χ4n) is 1.69. The molecule has 5 nitrogen and oxygen atoms in total. The molecule has 94 valence electrons. The molecule has 2 aromatic rings. The molecule has 0 aliphatic carbocycles. The molecule has 0 bridgehead atoms. The number of carboxylic acids is 1. The maximum atomic E-state index is 10.6. The van der Waals surface area contributed by atoms with Gasteiger partial charge in [-0.25, -0.2) is 4.68 Å². The summed E-state index contributed by atoms with van der Waals surface area (Å²) in [7, 11) is 0. The Labute approximate surface area is 105 Å². The van der Waals surface area contributed by atoms with Crippen molar-refractivity contribution in [3.63, 3.8) is 0 Å². The summed E-state index contributed by atoms with van der Waals surface area (Å²) in [6.07, 6.45) is 1.54. The van der Waals surface area contributed by atoms with Crippen molar-refractivity contribution in [3.8, 4) is 5.69 Å². The van der Waals surface area contributed by atoms with Crippen LogP contribution in [0.2, 0.25) is 0 Å². The molecule has 18 heavy (non-hydrogen) atoms. The molecule has 0 spiro atoms. The van der Waals surface area contributed by atoms with Gasteiger partial charge in [-0.1, -0.05) is 31.2 Å². The molecule has 1 heterocycles. The number of benzene rings is 1. The minimum Gasteiger partial charge on any atom is -0.481 e. The molecule has 0 atom stereocenters. The first-order valence-electron chi connectivity index (χ1n) is 5.79. The van der Waals surface area contributed by atoms with Crippen molar-refractivity contribution in [3.05, 3.63) is 41.7 Å². The molecule has 0 fully saturated rings. The van der Waals surface area contributed by atoms with E-state index in [4.69, 9.17) is 5.11 Å². The van der Waals surface area contributed by atoms with Crippen molar-refractivity contribution in [1.82, 2.24) is 15.0 Å². The number of nitrogens with zero attached hydrogens (tertiary/aromatic N) is 3. The topological polar surface area (TPSA) is 68.0 Å². The van der Waals surface area contributed by atoms with E-state index >= 15 is 0 Å². The number of rotatable bonds is 4. The molecule has 0 saturated carbocycles. The summed E-state index contributed by atoms with van der Waals surface area (Å²) in [6, 6.07) is 7.97. The zero-order valence-corrected chi connectivity index (χ0v) is 10.4. The molecule has 5 heteroatoms. The molecule has 0 aliphatic rings. The highest BCUT2D eigenvalue weighted by Crippen LogP contribution is 2.17. The summed E-state index contributed by atoms with van der Waals surface area (Å²) in [5.74, 6) is -0.468. The molecule has 0 unspecified atom stereocenters. The standard InChI is InChI=1S/C13H15N3O2/c1-9(2)10-4-3-5-12(6-10)16-8-11(14-15-16)7-13(17)18/h3-6,8-9H,7H2,1-2H3,(H,17,18). The van der Waals surface area contributed by atoms with Crippen molar-refractivity contribution in [2.45, 2.75) is 26.2 Å². The van der Waals surface area contributed by atoms with Gasteiger partial charge in [0.2, 0.25) is 0 Å². The minimum absolute atomic E-state index is 0.107. The Morgan fingerprint density at radius 1 is 1.44 bits per heavy atom. The van der Waals surface area contributed by atoms with E-state index in [9.17, 15) is 4.79 Å². The third kappa shape index (κ3) is 2.74. The third-order valence-electron chi connectivity index (χ3n) is 2.67. The summed E-state index contributed by atoms with van der Waals surface area (Å²) in [6.45, 7) is 4.24. The average molecular weight is 245 g/mol. The van der Waals surface area contributed by atoms with Crippen LogP contribution in [0, 0.1) is 0 Å². The van der Waals surface area contributed by atoms with Crippen LogP contribution in [-0.4, -0.2) is 26.1 Å². The molecule has 1 aromatic heterocycles. The molecular formula is C13H15N3O2. The second-order valence-corrected chi connectivity index (χ2v) is 4.47. The van der Waals surface area contributed by atoms with Crippen molar-refractivity contribution in [2.75, 3.05) is 0 Å². The highest BCUT2D eigenvalue weighted by molar-refractivity contribution is 5.69. The van der Waals surface area contributed by atoms with Crippen LogP contribution >= 0.6 is 0 Å². The van der Waals surface area contributed by atoms with E-state index in [1.54, 1.807) is 10.9 Å². The lowest BCUT2D eigenvalue weighted by Gasteiger charge is -2.07. The van der Waals surface area contributed by atoms with E-state index in [0.717, 1.165) is 5.69 Å². The zero-order chi connectivity index (χ0) is 13.1. The van der Waals surface area contributed by atoms with Crippen LogP contribution in [0.25, 0.3) is 5.69 Å². The number of hydrogen-bond donors (Lipinski definition) is 1. The van der Waals surface area contributed by atoms with Crippen molar-refractivity contribution >= 4 is 5.97 Å². The molecule has 2 rings (SSSR count). The van der Waals surface area contributed by atoms with Gasteiger partial charge in [0.15, 0.2) is 0 Å². The van der Waals surface area contributed by atoms with Crippen molar-refractivity contribution in [1.29, 1.82) is 0 Å². The van der Waals surface area contributed by atoms with Crippen LogP contribution in [0.1, 0.15) is 31.0 Å². The fraction of sp³-hybridized carbons (Fsp3) is 0.308. The number of hydrogen-bond acceptors (Lipinski definition) is 3. The summed E-state index contributed by atoms with van der Waals surface area (Å²) in [4.78, 5) is 10.6. The Morgan fingerprint density at radius 3 is 2.89 bits per heavy atom. The van der Waals surface area contributed by atoms with Gasteiger partial charge in [0.25, 0.3) is 0 Å². The Bertz CT molecular complexity index is 561. The van der Waals surface area contributed by atoms with Crippen molar-refractivity contribution < 1.29 is 9.90 Å². The van der Waals surface area contributed by atoms with Gasteiger partial charge in [0, 0.05) is 0 Å². The van der Waals surface area contributed by atoms with Gasteiger partial charge in [-0.05, 0) is 23.6 Å². The van der Waals surface area contributed by atoms with Crippen LogP contribution in [-0.2, 0) is 11.2 Å². The van der Waals surface area contributed by atoms with Crippen molar-refractivity contribution in [2.24, 2.45) is 0 Å². The first kappa shape index (κ1) is 12.3. The van der Waals surface area contributed by atoms with Crippen LogP contribution in [0.5, 0.6) is 0 Å². The number of carbonyl (C=O) groups is 1. The van der Waals surface area contributed by atoms with Gasteiger partial charge in [0.05, 0.1) is 24.0 Å². The van der Waals surface area contributed by atoms with Gasteiger partial charge in [-0.3, -0.25) is 4.79 Å². The number of aromatic nitrogens is 3. The first-order chi connectivity index (χ1) is 8.56. The van der Waals surface area contributed by atoms with Gasteiger partial charge in [-0.15, -0.1) is 5.10 Å². The summed E-state index contributed by atoms with van der Waals surface area (Å²) in [5, 5.41) is 16.5. The highest BCUT2D eigenvalue weighted by atomic mass is 16.4. The highest BCUT2D eigenvalue weighted by Gasteiger charge is 2.07. The molecular weight excluding hydrogens is 230 g/mol. The minimum atomic E-state index is -0.905. The third-order valence-corrected chi connectivity index (χ3v) is 2.67. The maximum Gasteiger partial charge on any atom is 0.309 e. The van der Waals surface area contributed by atoms with E-state index < -0.39 is 5.97 Å². The molecule has 0 aliphatic heterocycles. The summed E-state index contributed by atoms with van der Waals surface area (Å²) < 4.78 is 1.60. The molecule has 1 aromatic carbocycles. The van der Waals surface area contributed by atoms with E-state index in [0.29, 0.717) is 11.6 Å². The molecule has 0 radical (unpaired) electrons. The largest absolute Gasteiger partial charge is 0.481 e. The Morgan fingerprint density at radius 2 is 2.22 bits per heavy atom. The van der Waals surface area contributed by atoms with E-state index in [-0.39, 0.29) is 6.42 Å². The number of aliphatic carboxylic acids is 1. The first-order valence-corrected chi connectivity index (χ1v) is 5.79. The van der Waals surface area contributed by atoms with Gasteiger partial charge in [0.1, 0.15) is 0 Å². The lowest BCUT2D eigenvalue weighted by atomic mass is 10.0. The SMILES string of the molecule is CC(C)c1cccc(-n2cc(CC(=O)O)nn2)c1. The molecule has 1 N–H and O–H groups in total. The van der Waals surface area contributed by atoms with E-state index in [2.05, 4.69) is 30.2 Å². The van der Waals surface area contributed by atoms with Crippen LogP contribution < -0.4 is 0 Å². The quantitative estimate of drug-likeness (QED) is 0.894. The average Bonchev–Trinajstić information content (AvgIpc) is 2.77. The smallest absolute Gasteiger partial charge is 0.309 e. The monoisotopic (exact) mass is 245 g/mol. The predicted molar refractivity (Wildman–Crippen MR) is 66.8 cm³/mol. The summed E-state index contributed by atoms with van der Waals surface area (Å²) in [5.41, 5.74) is 2.56. The Hall–Kier alpha value is -2.17. The lowest BCUT2D eigenvalue weighted by molar-refractivity contribution is -0.136. The maximum absolute atomic E-state index is 10.6. The van der Waals surface area contributed by atoms with E-state index in [1.807, 2.05) is 18.2 Å². The molecule has 0 saturated heterocycles. The second-order valence-electron chi connectivity index (χ2n) is 4.47. The van der Waals surface area contributed by atoms with Crippen LogP contribution in [0.4, 0.5) is 0 Å². The summed E-state index contributed by atoms with van der Waals surface area (Å²) >= 11 is 0. The van der Waals surface area contributed by atoms with Gasteiger partial charge < -0.3 is 5.11 Å². The van der Waals surface area contributed by atoms with E-state index in [1.165, 1.54) is 5.56 Å². The fourth-order valence-corrected chi connectivity index (χ4v) is 1.69. The van der Waals surface area contributed by atoms with Gasteiger partial charge >= 0.3 is 5.97 Å². The van der Waals surface area contributed by atoms with Crippen LogP contribution in [0.3, 0.4) is 0 Å². The predicted octanol–water partition coefficient (Wildman–Crippen LogP) is 2.02.